The molecule has 1 saturated heterocycles. The summed E-state index contributed by atoms with van der Waals surface area (Å²) in [6.45, 7) is 4.18. The molecule has 180 valence electrons. The Kier molecular flexibility index (Phi) is 9.19. The van der Waals surface area contributed by atoms with Crippen molar-refractivity contribution >= 4 is 26.0 Å². The van der Waals surface area contributed by atoms with Crippen LogP contribution in [0.3, 0.4) is 0 Å². The topological polar surface area (TPSA) is 95.9 Å². The molecule has 33 heavy (non-hydrogen) atoms. The Bertz CT molecular complexity index is 1020. The number of nitrogens with zero attached hydrogens (tertiary/aromatic N) is 4. The highest BCUT2D eigenvalue weighted by atomic mass is 79.9. The Labute approximate surface area is 202 Å². The molecule has 0 radical (unpaired) electrons. The molecule has 2 aromatic rings. The van der Waals surface area contributed by atoms with Gasteiger partial charge in [0.2, 0.25) is 10.0 Å². The lowest BCUT2D eigenvalue weighted by atomic mass is 10.1. The summed E-state index contributed by atoms with van der Waals surface area (Å²) in [7, 11) is -3.60. The Hall–Kier alpha value is -2.08. The van der Waals surface area contributed by atoms with Crippen molar-refractivity contribution < 1.29 is 22.8 Å². The van der Waals surface area contributed by atoms with Crippen LogP contribution >= 0.6 is 15.9 Å². The van der Waals surface area contributed by atoms with Crippen LogP contribution in [0.1, 0.15) is 31.5 Å². The number of aryl methyl sites for hydroxylation is 1. The molecule has 2 heterocycles. The first-order chi connectivity index (χ1) is 15.8. The van der Waals surface area contributed by atoms with Crippen LogP contribution in [0.2, 0.25) is 0 Å². The molecule has 1 aromatic carbocycles. The van der Waals surface area contributed by atoms with Gasteiger partial charge in [-0.3, -0.25) is 10.3 Å². The second kappa shape index (κ2) is 11.9. The van der Waals surface area contributed by atoms with Crippen molar-refractivity contribution in [1.29, 1.82) is 0 Å². The minimum Gasteiger partial charge on any atom is -0.489 e. The molecule has 1 N–H and O–H groups in total. The van der Waals surface area contributed by atoms with Gasteiger partial charge in [0, 0.05) is 38.1 Å². The van der Waals surface area contributed by atoms with Crippen LogP contribution in [0.4, 0.5) is 4.39 Å². The molecular formula is C22H28BrFN4O4S. The number of hydroxylamine groups is 2. The molecule has 8 nitrogen and oxygen atoms in total. The molecule has 1 unspecified atom stereocenters. The third-order valence-electron chi connectivity index (χ3n) is 5.50. The van der Waals surface area contributed by atoms with E-state index in [1.165, 1.54) is 22.6 Å². The fourth-order valence-electron chi connectivity index (χ4n) is 3.72. The van der Waals surface area contributed by atoms with Crippen LogP contribution in [0.5, 0.6) is 5.75 Å². The van der Waals surface area contributed by atoms with Crippen LogP contribution in [-0.4, -0.2) is 63.9 Å². The van der Waals surface area contributed by atoms with Crippen molar-refractivity contribution in [2.75, 3.05) is 18.8 Å². The molecule has 1 fully saturated rings. The number of piperidine rings is 1. The second-order valence-electron chi connectivity index (χ2n) is 7.84. The average Bonchev–Trinajstić information content (AvgIpc) is 2.80. The van der Waals surface area contributed by atoms with Gasteiger partial charge in [-0.2, -0.15) is 0 Å². The highest BCUT2D eigenvalue weighted by molar-refractivity contribution is 9.10. The van der Waals surface area contributed by atoms with Gasteiger partial charge in [-0.15, -0.1) is 0 Å². The largest absolute Gasteiger partial charge is 0.489 e. The molecule has 1 atom stereocenters. The average molecular weight is 543 g/mol. The van der Waals surface area contributed by atoms with Gasteiger partial charge in [0.05, 0.1) is 16.3 Å². The van der Waals surface area contributed by atoms with E-state index < -0.39 is 16.1 Å². The van der Waals surface area contributed by atoms with Gasteiger partial charge in [0.15, 0.2) is 0 Å². The predicted molar refractivity (Wildman–Crippen MR) is 126 cm³/mol. The third-order valence-corrected chi connectivity index (χ3v) is 8.08. The van der Waals surface area contributed by atoms with E-state index in [-0.39, 0.29) is 17.7 Å². The molecule has 0 aliphatic carbocycles. The lowest BCUT2D eigenvalue weighted by Gasteiger charge is -2.33. The van der Waals surface area contributed by atoms with E-state index in [9.17, 15) is 18.0 Å². The first-order valence-electron chi connectivity index (χ1n) is 10.7. The lowest BCUT2D eigenvalue weighted by molar-refractivity contribution is -0.0746. The number of sulfonamides is 1. The zero-order valence-corrected chi connectivity index (χ0v) is 20.6. The first-order valence-corrected chi connectivity index (χ1v) is 13.1. The quantitative estimate of drug-likeness (QED) is 0.431. The summed E-state index contributed by atoms with van der Waals surface area (Å²) in [6.07, 6.45) is 7.07. The Morgan fingerprint density at radius 2 is 2.03 bits per heavy atom. The lowest BCUT2D eigenvalue weighted by Crippen LogP contribution is -2.46. The molecule has 1 aliphatic heterocycles. The Balaban J connectivity index is 1.53. The minimum absolute atomic E-state index is 0.164. The van der Waals surface area contributed by atoms with E-state index in [1.54, 1.807) is 24.5 Å². The van der Waals surface area contributed by atoms with E-state index in [2.05, 4.69) is 32.5 Å². The fraction of sp³-hybridized carbons (Fsp3) is 0.455. The molecular weight excluding hydrogens is 515 g/mol. The van der Waals surface area contributed by atoms with Crippen molar-refractivity contribution in [1.82, 2.24) is 19.3 Å². The predicted octanol–water partition coefficient (Wildman–Crippen LogP) is 3.78. The standard InChI is InChI=1S/C22H28BrFN4O4S/c1-2-28(29)18(5-3-6-22-25-11-4-12-26-22)16-33(30,31)27-13-9-19(10-14-27)32-21-8-7-17(24)15-20(21)23/h2,4,7-8,11-12,15,18-19,29H,1,3,5-6,9-10,13-14,16H2. The monoisotopic (exact) mass is 542 g/mol. The first kappa shape index (κ1) is 25.5. The molecule has 1 aromatic heterocycles. The van der Waals surface area contributed by atoms with Gasteiger partial charge in [0.1, 0.15) is 23.5 Å². The van der Waals surface area contributed by atoms with Gasteiger partial charge >= 0.3 is 0 Å². The van der Waals surface area contributed by atoms with Gasteiger partial charge in [-0.25, -0.2) is 27.1 Å². The van der Waals surface area contributed by atoms with E-state index in [1.807, 2.05) is 0 Å². The SMILES string of the molecule is C=CN(O)C(CCCc1ncccn1)CS(=O)(=O)N1CCC(Oc2ccc(F)cc2Br)CC1. The second-order valence-corrected chi connectivity index (χ2v) is 10.7. The van der Waals surface area contributed by atoms with Crippen molar-refractivity contribution in [3.05, 3.63) is 65.6 Å². The number of hydrogen-bond donors (Lipinski definition) is 1. The van der Waals surface area contributed by atoms with E-state index >= 15 is 0 Å². The van der Waals surface area contributed by atoms with E-state index in [0.29, 0.717) is 61.2 Å². The van der Waals surface area contributed by atoms with Gasteiger partial charge in [0.25, 0.3) is 0 Å². The molecule has 0 bridgehead atoms. The molecule has 3 rings (SSSR count). The van der Waals surface area contributed by atoms with Crippen molar-refractivity contribution in [3.8, 4) is 5.75 Å². The number of benzene rings is 1. The summed E-state index contributed by atoms with van der Waals surface area (Å²) < 4.78 is 47.2. The molecule has 0 saturated carbocycles. The fourth-order valence-corrected chi connectivity index (χ4v) is 5.95. The van der Waals surface area contributed by atoms with E-state index in [0.717, 1.165) is 5.06 Å². The number of ether oxygens (including phenoxy) is 1. The summed E-state index contributed by atoms with van der Waals surface area (Å²) in [6, 6.07) is 5.32. The van der Waals surface area contributed by atoms with Crippen LogP contribution in [-0.2, 0) is 16.4 Å². The van der Waals surface area contributed by atoms with Gasteiger partial charge < -0.3 is 4.74 Å². The highest BCUT2D eigenvalue weighted by Gasteiger charge is 2.32. The van der Waals surface area contributed by atoms with E-state index in [4.69, 9.17) is 4.74 Å². The summed E-state index contributed by atoms with van der Waals surface area (Å²) in [5.74, 6) is 0.623. The number of rotatable bonds is 11. The molecule has 0 amide bonds. The molecule has 11 heteroatoms. The summed E-state index contributed by atoms with van der Waals surface area (Å²) >= 11 is 3.28. The van der Waals surface area contributed by atoms with Crippen LogP contribution in [0.25, 0.3) is 0 Å². The zero-order chi connectivity index (χ0) is 23.8. The highest BCUT2D eigenvalue weighted by Crippen LogP contribution is 2.29. The number of aromatic nitrogens is 2. The summed E-state index contributed by atoms with van der Waals surface area (Å²) in [5.41, 5.74) is 0. The summed E-state index contributed by atoms with van der Waals surface area (Å²) in [5, 5.41) is 11.0. The molecule has 0 spiro atoms. The maximum Gasteiger partial charge on any atom is 0.216 e. The van der Waals surface area contributed by atoms with Gasteiger partial charge in [-0.1, -0.05) is 6.58 Å². The number of halogens is 2. The van der Waals surface area contributed by atoms with Crippen molar-refractivity contribution in [3.63, 3.8) is 0 Å². The van der Waals surface area contributed by atoms with Crippen LogP contribution in [0, 0.1) is 5.82 Å². The van der Waals surface area contributed by atoms with Crippen LogP contribution in [0.15, 0.2) is 53.9 Å². The smallest absolute Gasteiger partial charge is 0.216 e. The maximum absolute atomic E-state index is 13.3. The normalized spacial score (nSPS) is 16.3. The third kappa shape index (κ3) is 7.46. The molecule has 1 aliphatic rings. The minimum atomic E-state index is -3.60. The van der Waals surface area contributed by atoms with Crippen LogP contribution < -0.4 is 4.74 Å². The summed E-state index contributed by atoms with van der Waals surface area (Å²) in [4.78, 5) is 8.34. The van der Waals surface area contributed by atoms with Gasteiger partial charge in [-0.05, 0) is 65.9 Å². The Morgan fingerprint density at radius 1 is 1.33 bits per heavy atom. The van der Waals surface area contributed by atoms with Crippen molar-refractivity contribution in [2.45, 2.75) is 44.2 Å². The maximum atomic E-state index is 13.3. The Morgan fingerprint density at radius 3 is 2.67 bits per heavy atom. The zero-order valence-electron chi connectivity index (χ0n) is 18.2. The number of hydrogen-bond acceptors (Lipinski definition) is 7. The van der Waals surface area contributed by atoms with Crippen molar-refractivity contribution in [2.24, 2.45) is 0 Å².